The lowest BCUT2D eigenvalue weighted by Crippen LogP contribution is -2.55. The largest absolute Gasteiger partial charge is 0.496 e. The van der Waals surface area contributed by atoms with Gasteiger partial charge in [-0.2, -0.15) is 5.10 Å². The minimum absolute atomic E-state index is 0.120. The third-order valence-corrected chi connectivity index (χ3v) is 5.88. The quantitative estimate of drug-likeness (QED) is 0.815. The van der Waals surface area contributed by atoms with Gasteiger partial charge in [0.2, 0.25) is 5.91 Å². The molecule has 27 heavy (non-hydrogen) atoms. The Bertz CT molecular complexity index is 762. The van der Waals surface area contributed by atoms with Gasteiger partial charge < -0.3 is 10.1 Å². The van der Waals surface area contributed by atoms with Gasteiger partial charge in [-0.05, 0) is 43.7 Å². The highest BCUT2D eigenvalue weighted by molar-refractivity contribution is 5.84. The summed E-state index contributed by atoms with van der Waals surface area (Å²) in [5, 5.41) is 7.62. The molecule has 0 spiro atoms. The molecule has 2 aromatic rings. The van der Waals surface area contributed by atoms with Gasteiger partial charge in [0, 0.05) is 44.1 Å². The van der Waals surface area contributed by atoms with Gasteiger partial charge in [0.05, 0.1) is 7.11 Å². The monoisotopic (exact) mass is 368 g/mol. The number of hydrogen-bond donors (Lipinski definition) is 1. The topological polar surface area (TPSA) is 59.4 Å². The maximum absolute atomic E-state index is 13.1. The highest BCUT2D eigenvalue weighted by atomic mass is 16.5. The van der Waals surface area contributed by atoms with Crippen LogP contribution in [-0.2, 0) is 16.9 Å². The van der Waals surface area contributed by atoms with Crippen molar-refractivity contribution in [1.29, 1.82) is 0 Å². The van der Waals surface area contributed by atoms with Crippen molar-refractivity contribution in [3.05, 3.63) is 48.3 Å². The summed E-state index contributed by atoms with van der Waals surface area (Å²) in [5.41, 5.74) is 0.611. The average molecular weight is 368 g/mol. The molecule has 6 nitrogen and oxygen atoms in total. The molecule has 1 saturated carbocycles. The van der Waals surface area contributed by atoms with E-state index in [9.17, 15) is 4.79 Å². The molecule has 0 radical (unpaired) electrons. The second-order valence-electron chi connectivity index (χ2n) is 7.72. The summed E-state index contributed by atoms with van der Waals surface area (Å²) in [6.07, 6.45) is 7.69. The van der Waals surface area contributed by atoms with Crippen LogP contribution in [0.5, 0.6) is 5.75 Å². The van der Waals surface area contributed by atoms with Crippen LogP contribution in [0.15, 0.2) is 42.7 Å². The van der Waals surface area contributed by atoms with Crippen LogP contribution >= 0.6 is 0 Å². The molecule has 0 unspecified atom stereocenters. The summed E-state index contributed by atoms with van der Waals surface area (Å²) in [4.78, 5) is 15.5. The van der Waals surface area contributed by atoms with Crippen molar-refractivity contribution >= 4 is 5.91 Å². The van der Waals surface area contributed by atoms with Crippen molar-refractivity contribution in [3.63, 3.8) is 0 Å². The van der Waals surface area contributed by atoms with Crippen molar-refractivity contribution in [2.45, 2.75) is 37.8 Å². The molecule has 6 heteroatoms. The lowest BCUT2D eigenvalue weighted by molar-refractivity contribution is -0.133. The van der Waals surface area contributed by atoms with Crippen LogP contribution in [0.3, 0.4) is 0 Å². The number of nitrogens with zero attached hydrogens (tertiary/aromatic N) is 3. The van der Waals surface area contributed by atoms with Crippen molar-refractivity contribution in [2.24, 2.45) is 5.92 Å². The number of aromatic nitrogens is 2. The number of carbonyl (C=O) groups excluding carboxylic acids is 1. The fraction of sp³-hybridized carbons (Fsp3) is 0.524. The van der Waals surface area contributed by atoms with E-state index >= 15 is 0 Å². The highest BCUT2D eigenvalue weighted by Gasteiger charge is 2.44. The number of para-hydroxylation sites is 1. The number of ether oxygens (including phenoxy) is 1. The van der Waals surface area contributed by atoms with E-state index in [1.54, 1.807) is 13.3 Å². The first kappa shape index (κ1) is 18.0. The lowest BCUT2D eigenvalue weighted by atomic mass is 9.86. The van der Waals surface area contributed by atoms with Crippen LogP contribution < -0.4 is 10.1 Å². The fourth-order valence-corrected chi connectivity index (χ4v) is 3.96. The number of benzene rings is 1. The highest BCUT2D eigenvalue weighted by Crippen LogP contribution is 2.33. The van der Waals surface area contributed by atoms with Crippen LogP contribution in [-0.4, -0.2) is 47.3 Å². The number of nitrogens with one attached hydrogen (secondary N) is 1. The van der Waals surface area contributed by atoms with Gasteiger partial charge in [-0.15, -0.1) is 0 Å². The minimum atomic E-state index is -0.574. The maximum atomic E-state index is 13.1. The SMILES string of the molecule is COc1ccccc1CN1CCC(C(=O)NCC2CC2)(n2cccn2)CC1. The number of rotatable bonds is 7. The van der Waals surface area contributed by atoms with Crippen LogP contribution in [0.2, 0.25) is 0 Å². The molecule has 2 aliphatic rings. The molecule has 1 aliphatic heterocycles. The van der Waals surface area contributed by atoms with E-state index in [1.807, 2.05) is 35.1 Å². The molecule has 1 aliphatic carbocycles. The number of carbonyl (C=O) groups is 1. The van der Waals surface area contributed by atoms with E-state index in [1.165, 1.54) is 18.4 Å². The standard InChI is InChI=1S/C21H28N4O2/c1-27-19-6-3-2-5-18(19)16-24-13-9-21(10-14-24,25-12-4-11-23-25)20(26)22-15-17-7-8-17/h2-6,11-12,17H,7-10,13-16H2,1H3,(H,22,26). The zero-order chi connectivity index (χ0) is 18.7. The first-order valence-electron chi connectivity index (χ1n) is 9.84. The predicted molar refractivity (Wildman–Crippen MR) is 103 cm³/mol. The van der Waals surface area contributed by atoms with E-state index < -0.39 is 5.54 Å². The van der Waals surface area contributed by atoms with Gasteiger partial charge in [0.15, 0.2) is 0 Å². The Morgan fingerprint density at radius 2 is 2.04 bits per heavy atom. The van der Waals surface area contributed by atoms with Gasteiger partial charge in [-0.25, -0.2) is 0 Å². The second kappa shape index (κ2) is 7.72. The summed E-state index contributed by atoms with van der Waals surface area (Å²) in [6, 6.07) is 10.0. The summed E-state index contributed by atoms with van der Waals surface area (Å²) >= 11 is 0. The maximum Gasteiger partial charge on any atom is 0.248 e. The van der Waals surface area contributed by atoms with Crippen LogP contribution in [0.4, 0.5) is 0 Å². The fourth-order valence-electron chi connectivity index (χ4n) is 3.96. The molecular formula is C21H28N4O2. The normalized spacial score (nSPS) is 19.6. The van der Waals surface area contributed by atoms with Crippen LogP contribution in [0.1, 0.15) is 31.2 Å². The Labute approximate surface area is 160 Å². The summed E-state index contributed by atoms with van der Waals surface area (Å²) < 4.78 is 7.35. The van der Waals surface area contributed by atoms with E-state index in [0.29, 0.717) is 5.92 Å². The van der Waals surface area contributed by atoms with E-state index in [-0.39, 0.29) is 5.91 Å². The predicted octanol–water partition coefficient (Wildman–Crippen LogP) is 2.41. The van der Waals surface area contributed by atoms with E-state index in [4.69, 9.17) is 4.74 Å². The lowest BCUT2D eigenvalue weighted by Gasteiger charge is -2.40. The number of amides is 1. The first-order valence-corrected chi connectivity index (χ1v) is 9.84. The average Bonchev–Trinajstić information content (AvgIpc) is 3.37. The Balaban J connectivity index is 1.45. The van der Waals surface area contributed by atoms with E-state index in [2.05, 4.69) is 21.4 Å². The van der Waals surface area contributed by atoms with Gasteiger partial charge >= 0.3 is 0 Å². The van der Waals surface area contributed by atoms with Crippen LogP contribution in [0.25, 0.3) is 0 Å². The molecule has 0 atom stereocenters. The van der Waals surface area contributed by atoms with E-state index in [0.717, 1.165) is 44.8 Å². The zero-order valence-corrected chi connectivity index (χ0v) is 15.9. The Morgan fingerprint density at radius 3 is 2.70 bits per heavy atom. The molecule has 1 N–H and O–H groups in total. The molecule has 1 aromatic carbocycles. The molecule has 2 heterocycles. The molecule has 1 saturated heterocycles. The summed E-state index contributed by atoms with van der Waals surface area (Å²) in [5.74, 6) is 1.72. The zero-order valence-electron chi connectivity index (χ0n) is 15.9. The smallest absolute Gasteiger partial charge is 0.248 e. The number of likely N-dealkylation sites (tertiary alicyclic amines) is 1. The molecule has 2 fully saturated rings. The molecule has 144 valence electrons. The number of methoxy groups -OCH3 is 1. The van der Waals surface area contributed by atoms with Gasteiger partial charge in [-0.3, -0.25) is 14.4 Å². The molecular weight excluding hydrogens is 340 g/mol. The Morgan fingerprint density at radius 1 is 1.26 bits per heavy atom. The third kappa shape index (κ3) is 3.86. The van der Waals surface area contributed by atoms with Gasteiger partial charge in [0.1, 0.15) is 11.3 Å². The van der Waals surface area contributed by atoms with Gasteiger partial charge in [0.25, 0.3) is 0 Å². The van der Waals surface area contributed by atoms with Crippen molar-refractivity contribution < 1.29 is 9.53 Å². The third-order valence-electron chi connectivity index (χ3n) is 5.88. The summed E-state index contributed by atoms with van der Waals surface area (Å²) in [7, 11) is 1.71. The molecule has 1 amide bonds. The molecule has 4 rings (SSSR count). The van der Waals surface area contributed by atoms with Crippen LogP contribution in [0, 0.1) is 5.92 Å². The second-order valence-corrected chi connectivity index (χ2v) is 7.72. The Hall–Kier alpha value is -2.34. The summed E-state index contributed by atoms with van der Waals surface area (Å²) in [6.45, 7) is 3.35. The van der Waals surface area contributed by atoms with Crippen molar-refractivity contribution in [2.75, 3.05) is 26.7 Å². The van der Waals surface area contributed by atoms with Crippen molar-refractivity contribution in [1.82, 2.24) is 20.0 Å². The first-order chi connectivity index (χ1) is 13.2. The minimum Gasteiger partial charge on any atom is -0.496 e. The van der Waals surface area contributed by atoms with Gasteiger partial charge in [-0.1, -0.05) is 18.2 Å². The molecule has 1 aromatic heterocycles. The molecule has 0 bridgehead atoms. The number of hydrogen-bond acceptors (Lipinski definition) is 4. The number of piperidine rings is 1. The Kier molecular flexibility index (Phi) is 5.16. The van der Waals surface area contributed by atoms with Crippen molar-refractivity contribution in [3.8, 4) is 5.75 Å².